The predicted molar refractivity (Wildman–Crippen MR) is 67.1 cm³/mol. The molecule has 0 aromatic carbocycles. The van der Waals surface area contributed by atoms with Gasteiger partial charge in [0, 0.05) is 19.3 Å². The summed E-state index contributed by atoms with van der Waals surface area (Å²) in [6, 6.07) is 3.09. The monoisotopic (exact) mass is 247 g/mol. The van der Waals surface area contributed by atoms with Crippen LogP contribution in [-0.2, 0) is 0 Å². The summed E-state index contributed by atoms with van der Waals surface area (Å²) >= 11 is 0. The van der Waals surface area contributed by atoms with Gasteiger partial charge in [0.2, 0.25) is 0 Å². The van der Waals surface area contributed by atoms with Crippen molar-refractivity contribution in [2.45, 2.75) is 19.8 Å². The van der Waals surface area contributed by atoms with Crippen LogP contribution in [0.3, 0.4) is 0 Å². The average molecular weight is 247 g/mol. The molecule has 5 nitrogen and oxygen atoms in total. The first-order valence-corrected chi connectivity index (χ1v) is 6.13. The lowest BCUT2D eigenvalue weighted by Gasteiger charge is -2.30. The molecule has 2 N–H and O–H groups in total. The molecule has 1 aliphatic rings. The van der Waals surface area contributed by atoms with E-state index in [1.165, 1.54) is 12.3 Å². The molecule has 1 aromatic heterocycles. The molecule has 0 bridgehead atoms. The lowest BCUT2D eigenvalue weighted by atomic mass is 9.99. The molecule has 0 atom stereocenters. The molecule has 2 amide bonds. The lowest BCUT2D eigenvalue weighted by molar-refractivity contribution is 0.0696. The molecule has 1 aliphatic heterocycles. The van der Waals surface area contributed by atoms with E-state index in [9.17, 15) is 9.59 Å². The molecule has 2 rings (SSSR count). The SMILES string of the molecule is CC1CCN(C(=O)c2ccc(C(N)=O)nc2)CC1. The number of nitrogens with two attached hydrogens (primary N) is 1. The van der Waals surface area contributed by atoms with Gasteiger partial charge in [0.15, 0.2) is 0 Å². The normalized spacial score (nSPS) is 16.6. The minimum absolute atomic E-state index is 0.0228. The summed E-state index contributed by atoms with van der Waals surface area (Å²) in [4.78, 5) is 28.8. The lowest BCUT2D eigenvalue weighted by Crippen LogP contribution is -2.38. The van der Waals surface area contributed by atoms with E-state index in [1.807, 2.05) is 4.90 Å². The molecule has 1 aromatic rings. The Morgan fingerprint density at radius 1 is 1.33 bits per heavy atom. The van der Waals surface area contributed by atoms with Gasteiger partial charge >= 0.3 is 0 Å². The smallest absolute Gasteiger partial charge is 0.267 e. The fourth-order valence-corrected chi connectivity index (χ4v) is 2.06. The van der Waals surface area contributed by atoms with E-state index in [1.54, 1.807) is 6.07 Å². The molecule has 0 saturated carbocycles. The predicted octanol–water partition coefficient (Wildman–Crippen LogP) is 1.05. The topological polar surface area (TPSA) is 76.3 Å². The van der Waals surface area contributed by atoms with Crippen LogP contribution in [0, 0.1) is 5.92 Å². The van der Waals surface area contributed by atoms with Crippen LogP contribution in [0.2, 0.25) is 0 Å². The van der Waals surface area contributed by atoms with Crippen molar-refractivity contribution in [2.75, 3.05) is 13.1 Å². The highest BCUT2D eigenvalue weighted by molar-refractivity contribution is 5.95. The number of pyridine rings is 1. The van der Waals surface area contributed by atoms with Gasteiger partial charge < -0.3 is 10.6 Å². The minimum Gasteiger partial charge on any atom is -0.364 e. The molecule has 1 fully saturated rings. The number of aromatic nitrogens is 1. The molecular formula is C13H17N3O2. The van der Waals surface area contributed by atoms with Crippen LogP contribution in [0.4, 0.5) is 0 Å². The number of carbonyl (C=O) groups excluding carboxylic acids is 2. The summed E-state index contributed by atoms with van der Waals surface area (Å²) < 4.78 is 0. The summed E-state index contributed by atoms with van der Waals surface area (Å²) in [6.45, 7) is 3.78. The third kappa shape index (κ3) is 2.67. The van der Waals surface area contributed by atoms with Crippen LogP contribution >= 0.6 is 0 Å². The second-order valence-corrected chi connectivity index (χ2v) is 4.77. The third-order valence-electron chi connectivity index (χ3n) is 3.33. The summed E-state index contributed by atoms with van der Waals surface area (Å²) in [5, 5.41) is 0. The highest BCUT2D eigenvalue weighted by atomic mass is 16.2. The number of amides is 2. The Morgan fingerprint density at radius 2 is 2.00 bits per heavy atom. The van der Waals surface area contributed by atoms with Crippen molar-refractivity contribution < 1.29 is 9.59 Å². The van der Waals surface area contributed by atoms with Crippen LogP contribution < -0.4 is 5.73 Å². The molecule has 96 valence electrons. The van der Waals surface area contributed by atoms with Gasteiger partial charge in [-0.15, -0.1) is 0 Å². The van der Waals surface area contributed by atoms with Crippen molar-refractivity contribution in [3.63, 3.8) is 0 Å². The molecule has 5 heteroatoms. The molecule has 2 heterocycles. The molecular weight excluding hydrogens is 230 g/mol. The highest BCUT2D eigenvalue weighted by Gasteiger charge is 2.21. The van der Waals surface area contributed by atoms with E-state index >= 15 is 0 Å². The Labute approximate surface area is 106 Å². The number of hydrogen-bond acceptors (Lipinski definition) is 3. The van der Waals surface area contributed by atoms with Crippen LogP contribution in [-0.4, -0.2) is 34.8 Å². The van der Waals surface area contributed by atoms with Crippen LogP contribution in [0.1, 0.15) is 40.6 Å². The summed E-state index contributed by atoms with van der Waals surface area (Å²) in [7, 11) is 0. The number of hydrogen-bond donors (Lipinski definition) is 1. The van der Waals surface area contributed by atoms with Crippen molar-refractivity contribution in [1.82, 2.24) is 9.88 Å². The molecule has 0 aliphatic carbocycles. The Balaban J connectivity index is 2.07. The average Bonchev–Trinajstić information content (AvgIpc) is 2.39. The van der Waals surface area contributed by atoms with Crippen LogP contribution in [0.15, 0.2) is 18.3 Å². The Bertz CT molecular complexity index is 448. The summed E-state index contributed by atoms with van der Waals surface area (Å²) in [6.07, 6.45) is 3.50. The van der Waals surface area contributed by atoms with E-state index < -0.39 is 5.91 Å². The van der Waals surface area contributed by atoms with Gasteiger partial charge in [-0.3, -0.25) is 14.6 Å². The second-order valence-electron chi connectivity index (χ2n) is 4.77. The first-order valence-electron chi connectivity index (χ1n) is 6.13. The molecule has 1 saturated heterocycles. The number of carbonyl (C=O) groups is 2. The highest BCUT2D eigenvalue weighted by Crippen LogP contribution is 2.17. The maximum atomic E-state index is 12.2. The standard InChI is InChI=1S/C13H17N3O2/c1-9-4-6-16(7-5-9)13(18)10-2-3-11(12(14)17)15-8-10/h2-3,8-9H,4-7H2,1H3,(H2,14,17). The molecule has 0 unspecified atom stereocenters. The van der Waals surface area contributed by atoms with Crippen molar-refractivity contribution in [3.8, 4) is 0 Å². The van der Waals surface area contributed by atoms with Gasteiger partial charge in [0.05, 0.1) is 5.56 Å². The fourth-order valence-electron chi connectivity index (χ4n) is 2.06. The van der Waals surface area contributed by atoms with Gasteiger partial charge in [-0.25, -0.2) is 0 Å². The van der Waals surface area contributed by atoms with E-state index in [-0.39, 0.29) is 11.6 Å². The molecule has 0 spiro atoms. The van der Waals surface area contributed by atoms with Gasteiger partial charge in [-0.1, -0.05) is 6.92 Å². The Hall–Kier alpha value is -1.91. The van der Waals surface area contributed by atoms with Gasteiger partial charge in [-0.2, -0.15) is 0 Å². The van der Waals surface area contributed by atoms with Gasteiger partial charge in [-0.05, 0) is 30.9 Å². The number of nitrogens with zero attached hydrogens (tertiary/aromatic N) is 2. The van der Waals surface area contributed by atoms with E-state index in [2.05, 4.69) is 11.9 Å². The van der Waals surface area contributed by atoms with Crippen molar-refractivity contribution >= 4 is 11.8 Å². The maximum Gasteiger partial charge on any atom is 0.267 e. The quantitative estimate of drug-likeness (QED) is 0.848. The Morgan fingerprint density at radius 3 is 2.50 bits per heavy atom. The maximum absolute atomic E-state index is 12.2. The van der Waals surface area contributed by atoms with E-state index in [0.29, 0.717) is 11.5 Å². The van der Waals surface area contributed by atoms with Crippen LogP contribution in [0.5, 0.6) is 0 Å². The number of primary amides is 1. The second kappa shape index (κ2) is 5.16. The zero-order valence-corrected chi connectivity index (χ0v) is 10.4. The largest absolute Gasteiger partial charge is 0.364 e. The minimum atomic E-state index is -0.583. The number of piperidine rings is 1. The summed E-state index contributed by atoms with van der Waals surface area (Å²) in [5.74, 6) is 0.0793. The van der Waals surface area contributed by atoms with Crippen molar-refractivity contribution in [3.05, 3.63) is 29.6 Å². The van der Waals surface area contributed by atoms with E-state index in [0.717, 1.165) is 25.9 Å². The zero-order chi connectivity index (χ0) is 13.1. The number of rotatable bonds is 2. The fraction of sp³-hybridized carbons (Fsp3) is 0.462. The number of likely N-dealkylation sites (tertiary alicyclic amines) is 1. The molecule has 18 heavy (non-hydrogen) atoms. The Kier molecular flexibility index (Phi) is 3.60. The summed E-state index contributed by atoms with van der Waals surface area (Å²) in [5.41, 5.74) is 5.79. The van der Waals surface area contributed by atoms with Crippen molar-refractivity contribution in [2.24, 2.45) is 11.7 Å². The first-order chi connectivity index (χ1) is 8.58. The first kappa shape index (κ1) is 12.5. The molecule has 0 radical (unpaired) electrons. The van der Waals surface area contributed by atoms with E-state index in [4.69, 9.17) is 5.73 Å². The van der Waals surface area contributed by atoms with Gasteiger partial charge in [0.25, 0.3) is 11.8 Å². The third-order valence-corrected chi connectivity index (χ3v) is 3.33. The zero-order valence-electron chi connectivity index (χ0n) is 10.4. The van der Waals surface area contributed by atoms with Gasteiger partial charge in [0.1, 0.15) is 5.69 Å². The van der Waals surface area contributed by atoms with Crippen LogP contribution in [0.25, 0.3) is 0 Å². The van der Waals surface area contributed by atoms with Crippen molar-refractivity contribution in [1.29, 1.82) is 0 Å².